The maximum Gasteiger partial charge on any atom is 0.181 e. The van der Waals surface area contributed by atoms with Crippen LogP contribution in [0.2, 0.25) is 0 Å². The monoisotopic (exact) mass is 202 g/mol. The Labute approximate surface area is 88.5 Å². The molecule has 1 aromatic carbocycles. The van der Waals surface area contributed by atoms with Crippen molar-refractivity contribution in [3.63, 3.8) is 0 Å². The van der Waals surface area contributed by atoms with E-state index in [4.69, 9.17) is 5.73 Å². The molecule has 0 saturated heterocycles. The van der Waals surface area contributed by atoms with E-state index in [0.29, 0.717) is 11.6 Å². The summed E-state index contributed by atoms with van der Waals surface area (Å²) in [6, 6.07) is 9.81. The Morgan fingerprint density at radius 1 is 1.20 bits per heavy atom. The number of hydrogen-bond acceptors (Lipinski definition) is 3. The lowest BCUT2D eigenvalue weighted by Gasteiger charge is -2.13. The van der Waals surface area contributed by atoms with E-state index in [1.54, 1.807) is 0 Å². The fraction of sp³-hybridized carbons (Fsp3) is 0.273. The predicted octanol–water partition coefficient (Wildman–Crippen LogP) is 1.67. The molecule has 0 aliphatic rings. The quantitative estimate of drug-likeness (QED) is 0.778. The number of rotatable bonds is 2. The fourth-order valence-corrected chi connectivity index (χ4v) is 1.27. The summed E-state index contributed by atoms with van der Waals surface area (Å²) in [5.41, 5.74) is 6.42. The zero-order valence-electron chi connectivity index (χ0n) is 8.86. The molecule has 2 rings (SSSR count). The van der Waals surface area contributed by atoms with Gasteiger partial charge in [0.25, 0.3) is 0 Å². The van der Waals surface area contributed by atoms with Gasteiger partial charge in [-0.2, -0.15) is 5.10 Å². The highest BCUT2D eigenvalue weighted by molar-refractivity contribution is 5.53. The van der Waals surface area contributed by atoms with Gasteiger partial charge in [-0.25, -0.2) is 4.98 Å². The van der Waals surface area contributed by atoms with Crippen molar-refractivity contribution >= 4 is 0 Å². The van der Waals surface area contributed by atoms with Crippen molar-refractivity contribution in [1.82, 2.24) is 15.2 Å². The molecule has 78 valence electrons. The molecule has 0 bridgehead atoms. The van der Waals surface area contributed by atoms with Gasteiger partial charge in [-0.1, -0.05) is 30.3 Å². The second kappa shape index (κ2) is 3.47. The summed E-state index contributed by atoms with van der Waals surface area (Å²) in [5, 5.41) is 6.99. The molecule has 0 atom stereocenters. The van der Waals surface area contributed by atoms with Crippen LogP contribution < -0.4 is 5.73 Å². The number of aromatic nitrogens is 3. The summed E-state index contributed by atoms with van der Waals surface area (Å²) < 4.78 is 0. The van der Waals surface area contributed by atoms with Crippen molar-refractivity contribution in [3.05, 3.63) is 36.2 Å². The van der Waals surface area contributed by atoms with E-state index in [9.17, 15) is 0 Å². The van der Waals surface area contributed by atoms with Crippen molar-refractivity contribution in [3.8, 4) is 11.4 Å². The summed E-state index contributed by atoms with van der Waals surface area (Å²) in [6.07, 6.45) is 0. The normalized spacial score (nSPS) is 11.7. The molecule has 0 aliphatic carbocycles. The number of aromatic amines is 1. The van der Waals surface area contributed by atoms with Gasteiger partial charge in [0.15, 0.2) is 5.82 Å². The minimum atomic E-state index is -0.486. The second-order valence-corrected chi connectivity index (χ2v) is 4.10. The van der Waals surface area contributed by atoms with Crippen molar-refractivity contribution in [1.29, 1.82) is 0 Å². The maximum absolute atomic E-state index is 5.91. The molecule has 1 heterocycles. The van der Waals surface area contributed by atoms with Crippen LogP contribution in [0.4, 0.5) is 0 Å². The van der Waals surface area contributed by atoms with Crippen molar-refractivity contribution in [2.24, 2.45) is 5.73 Å². The second-order valence-electron chi connectivity index (χ2n) is 4.10. The van der Waals surface area contributed by atoms with Crippen molar-refractivity contribution < 1.29 is 0 Å². The molecule has 0 fully saturated rings. The molecule has 15 heavy (non-hydrogen) atoms. The average Bonchev–Trinajstić information content (AvgIpc) is 2.67. The van der Waals surface area contributed by atoms with Crippen LogP contribution in [0.3, 0.4) is 0 Å². The van der Waals surface area contributed by atoms with Gasteiger partial charge in [0.05, 0.1) is 5.54 Å². The molecule has 0 aliphatic heterocycles. The number of hydrogen-bond donors (Lipinski definition) is 2. The number of H-pyrrole nitrogens is 1. The van der Waals surface area contributed by atoms with Crippen molar-refractivity contribution in [2.75, 3.05) is 0 Å². The molecule has 3 N–H and O–H groups in total. The molecule has 4 heteroatoms. The Morgan fingerprint density at radius 3 is 2.40 bits per heavy atom. The van der Waals surface area contributed by atoms with Crippen LogP contribution in [0, 0.1) is 0 Å². The lowest BCUT2D eigenvalue weighted by atomic mass is 10.1. The molecule has 0 unspecified atom stereocenters. The standard InChI is InChI=1S/C11H14N4/c1-11(2,12)10-13-9(14-15-10)8-6-4-3-5-7-8/h3-7H,12H2,1-2H3,(H,13,14,15). The number of nitrogens with one attached hydrogen (secondary N) is 1. The summed E-state index contributed by atoms with van der Waals surface area (Å²) >= 11 is 0. The lowest BCUT2D eigenvalue weighted by Crippen LogP contribution is -2.30. The molecule has 0 saturated carbocycles. The minimum Gasteiger partial charge on any atom is -0.319 e. The van der Waals surface area contributed by atoms with E-state index in [1.807, 2.05) is 44.2 Å². The van der Waals surface area contributed by atoms with E-state index < -0.39 is 5.54 Å². The van der Waals surface area contributed by atoms with Gasteiger partial charge < -0.3 is 5.73 Å². The van der Waals surface area contributed by atoms with Gasteiger partial charge in [-0.15, -0.1) is 0 Å². The number of nitrogens with zero attached hydrogens (tertiary/aromatic N) is 2. The molecule has 0 spiro atoms. The molecule has 4 nitrogen and oxygen atoms in total. The van der Waals surface area contributed by atoms with Crippen LogP contribution in [0.1, 0.15) is 19.7 Å². The minimum absolute atomic E-state index is 0.486. The van der Waals surface area contributed by atoms with E-state index in [1.165, 1.54) is 0 Å². The molecular formula is C11H14N4. The number of nitrogens with two attached hydrogens (primary N) is 1. The van der Waals surface area contributed by atoms with Crippen LogP contribution in [-0.4, -0.2) is 15.2 Å². The van der Waals surface area contributed by atoms with Gasteiger partial charge in [0, 0.05) is 5.56 Å². The van der Waals surface area contributed by atoms with E-state index >= 15 is 0 Å². The van der Waals surface area contributed by atoms with Gasteiger partial charge in [0.1, 0.15) is 5.82 Å². The zero-order chi connectivity index (χ0) is 10.9. The highest BCUT2D eigenvalue weighted by Gasteiger charge is 2.19. The van der Waals surface area contributed by atoms with E-state index in [-0.39, 0.29) is 0 Å². The lowest BCUT2D eigenvalue weighted by molar-refractivity contribution is 0.516. The first kappa shape index (κ1) is 9.86. The Kier molecular flexibility index (Phi) is 2.28. The van der Waals surface area contributed by atoms with Gasteiger partial charge in [-0.3, -0.25) is 5.10 Å². The summed E-state index contributed by atoms with van der Waals surface area (Å²) in [4.78, 5) is 4.36. The van der Waals surface area contributed by atoms with E-state index in [0.717, 1.165) is 5.56 Å². The summed E-state index contributed by atoms with van der Waals surface area (Å²) in [7, 11) is 0. The smallest absolute Gasteiger partial charge is 0.181 e. The van der Waals surface area contributed by atoms with Gasteiger partial charge in [-0.05, 0) is 13.8 Å². The molecular weight excluding hydrogens is 188 g/mol. The highest BCUT2D eigenvalue weighted by atomic mass is 15.2. The molecule has 1 aromatic heterocycles. The van der Waals surface area contributed by atoms with Gasteiger partial charge in [0.2, 0.25) is 0 Å². The third-order valence-electron chi connectivity index (χ3n) is 2.13. The van der Waals surface area contributed by atoms with Crippen LogP contribution >= 0.6 is 0 Å². The number of benzene rings is 1. The first-order valence-electron chi connectivity index (χ1n) is 4.84. The Balaban J connectivity index is 2.37. The van der Waals surface area contributed by atoms with Crippen LogP contribution in [-0.2, 0) is 5.54 Å². The highest BCUT2D eigenvalue weighted by Crippen LogP contribution is 2.17. The fourth-order valence-electron chi connectivity index (χ4n) is 1.27. The van der Waals surface area contributed by atoms with Crippen molar-refractivity contribution in [2.45, 2.75) is 19.4 Å². The Morgan fingerprint density at radius 2 is 1.87 bits per heavy atom. The van der Waals surface area contributed by atoms with Gasteiger partial charge >= 0.3 is 0 Å². The predicted molar refractivity (Wildman–Crippen MR) is 59.0 cm³/mol. The summed E-state index contributed by atoms with van der Waals surface area (Å²) in [5.74, 6) is 1.38. The SMILES string of the molecule is CC(C)(N)c1nc(-c2ccccc2)n[nH]1. The largest absolute Gasteiger partial charge is 0.319 e. The topological polar surface area (TPSA) is 67.6 Å². The zero-order valence-corrected chi connectivity index (χ0v) is 8.86. The molecule has 0 amide bonds. The third kappa shape index (κ3) is 2.05. The summed E-state index contributed by atoms with van der Waals surface area (Å²) in [6.45, 7) is 3.78. The Bertz CT molecular complexity index is 439. The molecule has 0 radical (unpaired) electrons. The Hall–Kier alpha value is -1.68. The van der Waals surface area contributed by atoms with Crippen LogP contribution in [0.15, 0.2) is 30.3 Å². The maximum atomic E-state index is 5.91. The average molecular weight is 202 g/mol. The molecule has 2 aromatic rings. The van der Waals surface area contributed by atoms with Crippen LogP contribution in [0.25, 0.3) is 11.4 Å². The van der Waals surface area contributed by atoms with Crippen LogP contribution in [0.5, 0.6) is 0 Å². The van der Waals surface area contributed by atoms with E-state index in [2.05, 4.69) is 15.2 Å². The third-order valence-corrected chi connectivity index (χ3v) is 2.13. The first-order chi connectivity index (χ1) is 7.07. The first-order valence-corrected chi connectivity index (χ1v) is 4.84.